The molecule has 0 bridgehead atoms. The van der Waals surface area contributed by atoms with Gasteiger partial charge in [-0.25, -0.2) is 4.98 Å². The molecule has 1 aliphatic rings. The van der Waals surface area contributed by atoms with Crippen LogP contribution in [-0.4, -0.2) is 39.2 Å². The zero-order chi connectivity index (χ0) is 21.4. The SMILES string of the molecule is Cc1ccc(-n2c(SCC(=O)N3CC(C)CC(C)C3)nc3ccsc3c2=O)c(C)c1. The number of thioether (sulfide) groups is 1. The number of rotatable bonds is 4. The van der Waals surface area contributed by atoms with Crippen molar-refractivity contribution >= 4 is 39.2 Å². The fourth-order valence-corrected chi connectivity index (χ4v) is 6.01. The molecule has 0 spiro atoms. The third-order valence-electron chi connectivity index (χ3n) is 5.59. The summed E-state index contributed by atoms with van der Waals surface area (Å²) in [5, 5.41) is 2.46. The summed E-state index contributed by atoms with van der Waals surface area (Å²) in [6.07, 6.45) is 1.17. The summed E-state index contributed by atoms with van der Waals surface area (Å²) in [7, 11) is 0. The number of nitrogens with zero attached hydrogens (tertiary/aromatic N) is 3. The molecule has 1 aliphatic heterocycles. The van der Waals surface area contributed by atoms with Crippen LogP contribution < -0.4 is 5.56 Å². The van der Waals surface area contributed by atoms with E-state index < -0.39 is 0 Å². The highest BCUT2D eigenvalue weighted by atomic mass is 32.2. The van der Waals surface area contributed by atoms with Crippen LogP contribution in [0.3, 0.4) is 0 Å². The quantitative estimate of drug-likeness (QED) is 0.436. The van der Waals surface area contributed by atoms with Gasteiger partial charge in [0.1, 0.15) is 4.70 Å². The Kier molecular flexibility index (Phi) is 6.02. The van der Waals surface area contributed by atoms with Gasteiger partial charge in [-0.1, -0.05) is 43.3 Å². The third-order valence-corrected chi connectivity index (χ3v) is 7.40. The van der Waals surface area contributed by atoms with E-state index in [4.69, 9.17) is 4.98 Å². The van der Waals surface area contributed by atoms with Crippen molar-refractivity contribution in [3.05, 3.63) is 51.1 Å². The number of hydrogen-bond donors (Lipinski definition) is 0. The molecule has 0 aliphatic carbocycles. The van der Waals surface area contributed by atoms with Crippen LogP contribution in [0.25, 0.3) is 15.9 Å². The molecule has 2 atom stereocenters. The van der Waals surface area contributed by atoms with E-state index in [0.717, 1.165) is 29.9 Å². The maximum Gasteiger partial charge on any atom is 0.276 e. The van der Waals surface area contributed by atoms with E-state index >= 15 is 0 Å². The number of benzene rings is 1. The van der Waals surface area contributed by atoms with Gasteiger partial charge in [0.05, 0.1) is 17.0 Å². The second-order valence-corrected chi connectivity index (χ2v) is 10.4. The Morgan fingerprint density at radius 2 is 1.93 bits per heavy atom. The highest BCUT2D eigenvalue weighted by Crippen LogP contribution is 2.27. The number of thiophene rings is 1. The normalized spacial score (nSPS) is 19.4. The first-order valence-electron chi connectivity index (χ1n) is 10.3. The standard InChI is InChI=1S/C23H27N3O2S2/c1-14-5-6-19(17(4)10-14)26-22(28)21-18(7-8-29-21)24-23(26)30-13-20(27)25-11-15(2)9-16(3)12-25/h5-8,10,15-16H,9,11-13H2,1-4H3. The molecule has 1 amide bonds. The summed E-state index contributed by atoms with van der Waals surface area (Å²) in [6, 6.07) is 7.90. The maximum atomic E-state index is 13.3. The summed E-state index contributed by atoms with van der Waals surface area (Å²) in [6.45, 7) is 10.1. The van der Waals surface area contributed by atoms with Gasteiger partial charge >= 0.3 is 0 Å². The number of aryl methyl sites for hydroxylation is 2. The predicted molar refractivity (Wildman–Crippen MR) is 125 cm³/mol. The lowest BCUT2D eigenvalue weighted by Gasteiger charge is -2.35. The first kappa shape index (κ1) is 21.1. The van der Waals surface area contributed by atoms with Crippen LogP contribution in [0.5, 0.6) is 0 Å². The van der Waals surface area contributed by atoms with Gasteiger partial charge in [0.2, 0.25) is 5.91 Å². The van der Waals surface area contributed by atoms with Crippen LogP contribution in [0.1, 0.15) is 31.4 Å². The molecule has 2 unspecified atom stereocenters. The third kappa shape index (κ3) is 4.18. The van der Waals surface area contributed by atoms with E-state index in [1.807, 2.05) is 42.3 Å². The topological polar surface area (TPSA) is 55.2 Å². The number of carbonyl (C=O) groups is 1. The van der Waals surface area contributed by atoms with Crippen molar-refractivity contribution in [2.75, 3.05) is 18.8 Å². The van der Waals surface area contributed by atoms with Gasteiger partial charge in [-0.2, -0.15) is 0 Å². The fourth-order valence-electron chi connectivity index (χ4n) is 4.34. The monoisotopic (exact) mass is 441 g/mol. The molecule has 1 fully saturated rings. The highest BCUT2D eigenvalue weighted by Gasteiger charge is 2.26. The second kappa shape index (κ2) is 8.55. The molecular formula is C23H27N3O2S2. The highest BCUT2D eigenvalue weighted by molar-refractivity contribution is 7.99. The Labute approximate surface area is 185 Å². The minimum atomic E-state index is -0.0721. The molecule has 30 heavy (non-hydrogen) atoms. The molecule has 3 aromatic rings. The molecule has 1 aromatic carbocycles. The zero-order valence-electron chi connectivity index (χ0n) is 17.8. The van der Waals surface area contributed by atoms with Crippen LogP contribution in [0, 0.1) is 25.7 Å². The number of hydrogen-bond acceptors (Lipinski definition) is 5. The number of piperidine rings is 1. The molecule has 0 saturated carbocycles. The average molecular weight is 442 g/mol. The molecule has 4 rings (SSSR count). The van der Waals surface area contributed by atoms with Gasteiger partial charge in [0.15, 0.2) is 5.16 Å². The zero-order valence-corrected chi connectivity index (χ0v) is 19.5. The van der Waals surface area contributed by atoms with Crippen molar-refractivity contribution in [1.29, 1.82) is 0 Å². The summed E-state index contributed by atoms with van der Waals surface area (Å²) in [4.78, 5) is 32.9. The molecule has 0 radical (unpaired) electrons. The van der Waals surface area contributed by atoms with Crippen molar-refractivity contribution < 1.29 is 4.79 Å². The van der Waals surface area contributed by atoms with Crippen molar-refractivity contribution in [2.24, 2.45) is 11.8 Å². The molecule has 0 N–H and O–H groups in total. The Hall–Kier alpha value is -2.12. The minimum Gasteiger partial charge on any atom is -0.341 e. The van der Waals surface area contributed by atoms with E-state index in [2.05, 4.69) is 19.9 Å². The van der Waals surface area contributed by atoms with Gasteiger partial charge in [0.25, 0.3) is 5.56 Å². The van der Waals surface area contributed by atoms with Crippen LogP contribution in [0.4, 0.5) is 0 Å². The molecule has 3 heterocycles. The predicted octanol–water partition coefficient (Wildman–Crippen LogP) is 4.66. The summed E-state index contributed by atoms with van der Waals surface area (Å²) >= 11 is 2.76. The number of fused-ring (bicyclic) bond motifs is 1. The molecule has 1 saturated heterocycles. The maximum absolute atomic E-state index is 13.3. The first-order valence-corrected chi connectivity index (χ1v) is 12.2. The fraction of sp³-hybridized carbons (Fsp3) is 0.435. The molecule has 5 nitrogen and oxygen atoms in total. The van der Waals surface area contributed by atoms with Crippen molar-refractivity contribution in [2.45, 2.75) is 39.3 Å². The average Bonchev–Trinajstić information content (AvgIpc) is 3.15. The Balaban J connectivity index is 1.68. The first-order chi connectivity index (χ1) is 14.3. The van der Waals surface area contributed by atoms with E-state index in [0.29, 0.717) is 27.2 Å². The van der Waals surface area contributed by atoms with Crippen LogP contribution in [-0.2, 0) is 4.79 Å². The summed E-state index contributed by atoms with van der Waals surface area (Å²) in [5.74, 6) is 1.45. The Bertz CT molecular complexity index is 1140. The van der Waals surface area contributed by atoms with Crippen LogP contribution in [0.15, 0.2) is 39.6 Å². The minimum absolute atomic E-state index is 0.0721. The summed E-state index contributed by atoms with van der Waals surface area (Å²) in [5.41, 5.74) is 3.61. The van der Waals surface area contributed by atoms with Gasteiger partial charge < -0.3 is 4.90 Å². The largest absolute Gasteiger partial charge is 0.341 e. The number of carbonyl (C=O) groups excluding carboxylic acids is 1. The van der Waals surface area contributed by atoms with Gasteiger partial charge in [0, 0.05) is 13.1 Å². The Morgan fingerprint density at radius 1 is 1.20 bits per heavy atom. The van der Waals surface area contributed by atoms with Crippen molar-refractivity contribution in [3.8, 4) is 5.69 Å². The van der Waals surface area contributed by atoms with Crippen molar-refractivity contribution in [3.63, 3.8) is 0 Å². The lowest BCUT2D eigenvalue weighted by Crippen LogP contribution is -2.43. The van der Waals surface area contributed by atoms with Crippen LogP contribution in [0.2, 0.25) is 0 Å². The van der Waals surface area contributed by atoms with E-state index in [1.165, 1.54) is 29.5 Å². The molecule has 7 heteroatoms. The Morgan fingerprint density at radius 3 is 2.63 bits per heavy atom. The van der Waals surface area contributed by atoms with Gasteiger partial charge in [-0.05, 0) is 55.2 Å². The smallest absolute Gasteiger partial charge is 0.276 e. The lowest BCUT2D eigenvalue weighted by molar-refractivity contribution is -0.130. The molecule has 2 aromatic heterocycles. The van der Waals surface area contributed by atoms with Gasteiger partial charge in [-0.15, -0.1) is 11.3 Å². The number of amides is 1. The van der Waals surface area contributed by atoms with E-state index in [1.54, 1.807) is 4.57 Å². The van der Waals surface area contributed by atoms with Gasteiger partial charge in [-0.3, -0.25) is 14.2 Å². The molecule has 158 valence electrons. The van der Waals surface area contributed by atoms with E-state index in [-0.39, 0.29) is 17.2 Å². The van der Waals surface area contributed by atoms with Crippen molar-refractivity contribution in [1.82, 2.24) is 14.5 Å². The molecular weight excluding hydrogens is 414 g/mol. The summed E-state index contributed by atoms with van der Waals surface area (Å²) < 4.78 is 2.32. The second-order valence-electron chi connectivity index (χ2n) is 8.49. The lowest BCUT2D eigenvalue weighted by atomic mass is 9.92. The number of likely N-dealkylation sites (tertiary alicyclic amines) is 1. The van der Waals surface area contributed by atoms with Crippen LogP contribution >= 0.6 is 23.1 Å². The number of aromatic nitrogens is 2. The van der Waals surface area contributed by atoms with E-state index in [9.17, 15) is 9.59 Å².